The number of carbonyl (C=O) groups excluding carboxylic acids is 1. The van der Waals surface area contributed by atoms with E-state index in [4.69, 9.17) is 0 Å². The van der Waals surface area contributed by atoms with Crippen LogP contribution < -0.4 is 10.2 Å². The van der Waals surface area contributed by atoms with Gasteiger partial charge in [-0.3, -0.25) is 4.68 Å². The van der Waals surface area contributed by atoms with Gasteiger partial charge in [0.05, 0.1) is 12.2 Å². The summed E-state index contributed by atoms with van der Waals surface area (Å²) in [6, 6.07) is 6.39. The maximum Gasteiger partial charge on any atom is 0.328 e. The van der Waals surface area contributed by atoms with Gasteiger partial charge in [0, 0.05) is 37.5 Å². The molecule has 1 saturated heterocycles. The summed E-state index contributed by atoms with van der Waals surface area (Å²) in [5.74, 6) is -0.324. The molecule has 1 fully saturated rings. The van der Waals surface area contributed by atoms with Gasteiger partial charge in [0.2, 0.25) is 0 Å². The molecule has 1 atom stereocenters. The summed E-state index contributed by atoms with van der Waals surface area (Å²) in [6.45, 7) is 0.972. The number of hydrogen-bond donors (Lipinski definition) is 1. The summed E-state index contributed by atoms with van der Waals surface area (Å²) in [7, 11) is 1.81. The zero-order chi connectivity index (χ0) is 22.2. The molecule has 0 bridgehead atoms. The van der Waals surface area contributed by atoms with E-state index in [0.717, 1.165) is 24.1 Å². The number of nitrogens with zero attached hydrogens (tertiary/aromatic N) is 6. The Bertz CT molecular complexity index is 1300. The fraction of sp³-hybridized carbons (Fsp3) is 0.273. The van der Waals surface area contributed by atoms with Crippen LogP contribution >= 0.6 is 0 Å². The first-order valence-electron chi connectivity index (χ1n) is 10.3. The molecule has 1 aliphatic heterocycles. The molecule has 0 spiro atoms. The number of imidazole rings is 1. The Morgan fingerprint density at radius 1 is 1.25 bits per heavy atom. The monoisotopic (exact) mass is 437 g/mol. The van der Waals surface area contributed by atoms with Crippen molar-refractivity contribution in [2.24, 2.45) is 7.05 Å². The van der Waals surface area contributed by atoms with E-state index in [1.807, 2.05) is 18.1 Å². The molecular weight excluding hydrogens is 416 g/mol. The number of halogens is 2. The van der Waals surface area contributed by atoms with E-state index in [-0.39, 0.29) is 12.1 Å². The maximum atomic E-state index is 14.4. The van der Waals surface area contributed by atoms with Crippen molar-refractivity contribution >= 4 is 23.0 Å². The van der Waals surface area contributed by atoms with Crippen molar-refractivity contribution in [1.82, 2.24) is 29.6 Å². The third-order valence-electron chi connectivity index (χ3n) is 5.67. The van der Waals surface area contributed by atoms with Crippen LogP contribution in [0.25, 0.3) is 11.2 Å². The van der Waals surface area contributed by atoms with Gasteiger partial charge in [0.15, 0.2) is 5.65 Å². The van der Waals surface area contributed by atoms with Crippen LogP contribution in [0, 0.1) is 11.6 Å². The van der Waals surface area contributed by atoms with Crippen LogP contribution in [0.2, 0.25) is 0 Å². The number of nitrogens with one attached hydrogen (secondary N) is 1. The normalized spacial score (nSPS) is 16.1. The number of pyridine rings is 1. The number of hydrogen-bond acceptors (Lipinski definition) is 5. The van der Waals surface area contributed by atoms with Gasteiger partial charge in [-0.25, -0.2) is 28.1 Å². The standard InChI is InChI=1S/C22H21F2N7O/c1-29-12-14(11-27-29)10-25-22(32)31-13-26-18-6-7-20(28-21(18)31)30-8-2-3-19(30)16-9-15(23)4-5-17(16)24/h4-7,9,11-13,19H,2-3,8,10H2,1H3,(H,25,32)/t19-/m1/s1. The molecule has 1 amide bonds. The molecule has 164 valence electrons. The quantitative estimate of drug-likeness (QED) is 0.528. The predicted molar refractivity (Wildman–Crippen MR) is 114 cm³/mol. The fourth-order valence-electron chi connectivity index (χ4n) is 4.15. The van der Waals surface area contributed by atoms with Crippen molar-refractivity contribution in [1.29, 1.82) is 0 Å². The summed E-state index contributed by atoms with van der Waals surface area (Å²) >= 11 is 0. The number of amides is 1. The van der Waals surface area contributed by atoms with Gasteiger partial charge in [-0.05, 0) is 43.2 Å². The van der Waals surface area contributed by atoms with Gasteiger partial charge in [-0.2, -0.15) is 5.10 Å². The molecular formula is C22H21F2N7O. The lowest BCUT2D eigenvalue weighted by atomic mass is 10.0. The second-order valence-electron chi connectivity index (χ2n) is 7.82. The Kier molecular flexibility index (Phi) is 5.04. The van der Waals surface area contributed by atoms with E-state index >= 15 is 0 Å². The number of benzene rings is 1. The van der Waals surface area contributed by atoms with Crippen molar-refractivity contribution in [3.05, 3.63) is 71.8 Å². The minimum absolute atomic E-state index is 0.312. The maximum absolute atomic E-state index is 14.4. The number of aryl methyl sites for hydroxylation is 1. The number of anilines is 1. The van der Waals surface area contributed by atoms with E-state index in [9.17, 15) is 13.6 Å². The first-order valence-corrected chi connectivity index (χ1v) is 10.3. The van der Waals surface area contributed by atoms with Gasteiger partial charge in [0.1, 0.15) is 29.3 Å². The molecule has 1 aliphatic rings. The summed E-state index contributed by atoms with van der Waals surface area (Å²) in [5, 5.41) is 6.91. The van der Waals surface area contributed by atoms with E-state index in [2.05, 4.69) is 20.4 Å². The van der Waals surface area contributed by atoms with Crippen LogP contribution in [0.5, 0.6) is 0 Å². The van der Waals surface area contributed by atoms with Crippen molar-refractivity contribution in [2.75, 3.05) is 11.4 Å². The SMILES string of the molecule is Cn1cc(CNC(=O)n2cnc3ccc(N4CCC[C@@H]4c4cc(F)ccc4F)nc32)cn1. The molecule has 5 rings (SSSR count). The molecule has 3 aromatic heterocycles. The lowest BCUT2D eigenvalue weighted by Crippen LogP contribution is -2.28. The summed E-state index contributed by atoms with van der Waals surface area (Å²) in [4.78, 5) is 23.6. The molecule has 0 aliphatic carbocycles. The Morgan fingerprint density at radius 3 is 2.94 bits per heavy atom. The van der Waals surface area contributed by atoms with E-state index < -0.39 is 11.6 Å². The number of fused-ring (bicyclic) bond motifs is 1. The molecule has 10 heteroatoms. The fourth-order valence-corrected chi connectivity index (χ4v) is 4.15. The van der Waals surface area contributed by atoms with E-state index in [0.29, 0.717) is 42.1 Å². The smallest absolute Gasteiger partial charge is 0.328 e. The third kappa shape index (κ3) is 3.68. The minimum Gasteiger partial charge on any atom is -0.349 e. The second kappa shape index (κ2) is 8.03. The number of rotatable bonds is 4. The predicted octanol–water partition coefficient (Wildman–Crippen LogP) is 3.54. The highest BCUT2D eigenvalue weighted by atomic mass is 19.1. The highest BCUT2D eigenvalue weighted by molar-refractivity contribution is 5.87. The van der Waals surface area contributed by atoms with Gasteiger partial charge >= 0.3 is 6.03 Å². The molecule has 0 saturated carbocycles. The molecule has 1 N–H and O–H groups in total. The topological polar surface area (TPSA) is 80.9 Å². The first-order chi connectivity index (χ1) is 15.5. The molecule has 32 heavy (non-hydrogen) atoms. The number of aromatic nitrogens is 5. The van der Waals surface area contributed by atoms with Crippen molar-refractivity contribution in [3.8, 4) is 0 Å². The van der Waals surface area contributed by atoms with Gasteiger partial charge in [-0.15, -0.1) is 0 Å². The van der Waals surface area contributed by atoms with Crippen molar-refractivity contribution < 1.29 is 13.6 Å². The second-order valence-corrected chi connectivity index (χ2v) is 7.82. The van der Waals surface area contributed by atoms with Gasteiger partial charge in [0.25, 0.3) is 0 Å². The lowest BCUT2D eigenvalue weighted by molar-refractivity contribution is 0.242. The molecule has 1 aromatic carbocycles. The molecule has 0 unspecified atom stereocenters. The Morgan fingerprint density at radius 2 is 2.12 bits per heavy atom. The van der Waals surface area contributed by atoms with E-state index in [1.165, 1.54) is 17.0 Å². The average molecular weight is 437 g/mol. The van der Waals surface area contributed by atoms with Crippen molar-refractivity contribution in [3.63, 3.8) is 0 Å². The van der Waals surface area contributed by atoms with Crippen LogP contribution in [0.4, 0.5) is 19.4 Å². The molecule has 0 radical (unpaired) electrons. The number of carbonyl (C=O) groups is 1. The Balaban J connectivity index is 1.42. The molecule has 8 nitrogen and oxygen atoms in total. The van der Waals surface area contributed by atoms with Gasteiger partial charge < -0.3 is 10.2 Å². The highest BCUT2D eigenvalue weighted by Crippen LogP contribution is 2.37. The van der Waals surface area contributed by atoms with Crippen LogP contribution in [0.15, 0.2) is 49.1 Å². The average Bonchev–Trinajstić information content (AvgIpc) is 3.52. The van der Waals surface area contributed by atoms with Crippen LogP contribution in [-0.4, -0.2) is 36.9 Å². The molecule has 4 heterocycles. The largest absolute Gasteiger partial charge is 0.349 e. The third-order valence-corrected chi connectivity index (χ3v) is 5.67. The van der Waals surface area contributed by atoms with Crippen LogP contribution in [-0.2, 0) is 13.6 Å². The zero-order valence-corrected chi connectivity index (χ0v) is 17.4. The summed E-state index contributed by atoms with van der Waals surface area (Å²) in [6.07, 6.45) is 6.44. The van der Waals surface area contributed by atoms with Crippen LogP contribution in [0.1, 0.15) is 30.0 Å². The lowest BCUT2D eigenvalue weighted by Gasteiger charge is -2.26. The van der Waals surface area contributed by atoms with E-state index in [1.54, 1.807) is 23.0 Å². The first kappa shape index (κ1) is 20.1. The summed E-state index contributed by atoms with van der Waals surface area (Å²) in [5.41, 5.74) is 2.15. The highest BCUT2D eigenvalue weighted by Gasteiger charge is 2.30. The van der Waals surface area contributed by atoms with Gasteiger partial charge in [-0.1, -0.05) is 0 Å². The van der Waals surface area contributed by atoms with Crippen molar-refractivity contribution in [2.45, 2.75) is 25.4 Å². The molecule has 4 aromatic rings. The Labute approximate surface area is 182 Å². The Hall–Kier alpha value is -3.82. The zero-order valence-electron chi connectivity index (χ0n) is 17.4. The summed E-state index contributed by atoms with van der Waals surface area (Å²) < 4.78 is 31.2. The minimum atomic E-state index is -0.472. The van der Waals surface area contributed by atoms with Crippen LogP contribution in [0.3, 0.4) is 0 Å².